The highest BCUT2D eigenvalue weighted by atomic mass is 16.6. The Balaban J connectivity index is 1.77. The van der Waals surface area contributed by atoms with Gasteiger partial charge < -0.3 is 18.6 Å². The molecule has 0 radical (unpaired) electrons. The van der Waals surface area contributed by atoms with Crippen LogP contribution in [0.15, 0.2) is 52.9 Å². The lowest BCUT2D eigenvalue weighted by Crippen LogP contribution is -2.11. The minimum absolute atomic E-state index is 0.207. The Morgan fingerprint density at radius 3 is 2.46 bits per heavy atom. The van der Waals surface area contributed by atoms with E-state index in [2.05, 4.69) is 10.2 Å². The van der Waals surface area contributed by atoms with Crippen molar-refractivity contribution in [2.75, 3.05) is 14.2 Å². The maximum atomic E-state index is 12.5. The van der Waals surface area contributed by atoms with E-state index in [4.69, 9.17) is 18.6 Å². The molecule has 7 heteroatoms. The van der Waals surface area contributed by atoms with Gasteiger partial charge in [0.1, 0.15) is 5.56 Å². The van der Waals surface area contributed by atoms with Crippen LogP contribution in [0.2, 0.25) is 0 Å². The first-order valence-electron chi connectivity index (χ1n) is 7.94. The molecular formula is C19H18N2O5. The molecular weight excluding hydrogens is 336 g/mol. The normalized spacial score (nSPS) is 11.7. The Labute approximate surface area is 150 Å². The van der Waals surface area contributed by atoms with Gasteiger partial charge >= 0.3 is 5.97 Å². The number of ether oxygens (including phenoxy) is 3. The standard InChI is InChI=1S/C19H18N2O5/c1-12(17-20-21-18(26-17)13-8-5-4-6-9-13)25-19(22)14-10-7-11-15(23-2)16(14)24-3/h4-12H,1-3H3/t12-/m0/s1. The van der Waals surface area contributed by atoms with Crippen LogP contribution in [-0.2, 0) is 4.74 Å². The zero-order valence-electron chi connectivity index (χ0n) is 14.6. The SMILES string of the molecule is COc1cccc(C(=O)O[C@@H](C)c2nnc(-c3ccccc3)o2)c1OC. The number of hydrogen-bond acceptors (Lipinski definition) is 7. The predicted molar refractivity (Wildman–Crippen MR) is 93.1 cm³/mol. The summed E-state index contributed by atoms with van der Waals surface area (Å²) in [6, 6.07) is 14.3. The average Bonchev–Trinajstić information content (AvgIpc) is 3.18. The van der Waals surface area contributed by atoms with Gasteiger partial charge in [-0.3, -0.25) is 0 Å². The summed E-state index contributed by atoms with van der Waals surface area (Å²) in [5.41, 5.74) is 1.04. The van der Waals surface area contributed by atoms with Crippen LogP contribution in [0.25, 0.3) is 11.5 Å². The number of rotatable bonds is 6. The van der Waals surface area contributed by atoms with Crippen molar-refractivity contribution in [1.82, 2.24) is 10.2 Å². The molecule has 0 saturated heterocycles. The van der Waals surface area contributed by atoms with Gasteiger partial charge in [-0.05, 0) is 31.2 Å². The van der Waals surface area contributed by atoms with Crippen LogP contribution in [-0.4, -0.2) is 30.4 Å². The first kappa shape index (κ1) is 17.5. The van der Waals surface area contributed by atoms with E-state index in [1.807, 2.05) is 30.3 Å². The average molecular weight is 354 g/mol. The van der Waals surface area contributed by atoms with E-state index in [0.717, 1.165) is 5.56 Å². The molecule has 0 unspecified atom stereocenters. The van der Waals surface area contributed by atoms with Gasteiger partial charge in [0.15, 0.2) is 17.6 Å². The van der Waals surface area contributed by atoms with Crippen molar-refractivity contribution >= 4 is 5.97 Å². The van der Waals surface area contributed by atoms with E-state index in [1.54, 1.807) is 25.1 Å². The maximum absolute atomic E-state index is 12.5. The lowest BCUT2D eigenvalue weighted by Gasteiger charge is -2.13. The van der Waals surface area contributed by atoms with E-state index in [1.165, 1.54) is 14.2 Å². The molecule has 0 aliphatic rings. The summed E-state index contributed by atoms with van der Waals surface area (Å²) in [7, 11) is 2.96. The van der Waals surface area contributed by atoms with E-state index in [9.17, 15) is 4.79 Å². The molecule has 7 nitrogen and oxygen atoms in total. The fraction of sp³-hybridized carbons (Fsp3) is 0.211. The van der Waals surface area contributed by atoms with Crippen LogP contribution in [0, 0.1) is 0 Å². The highest BCUT2D eigenvalue weighted by Crippen LogP contribution is 2.32. The second-order valence-corrected chi connectivity index (χ2v) is 5.40. The summed E-state index contributed by atoms with van der Waals surface area (Å²) in [5, 5.41) is 7.96. The first-order chi connectivity index (χ1) is 12.6. The number of esters is 1. The van der Waals surface area contributed by atoms with Crippen LogP contribution in [0.4, 0.5) is 0 Å². The molecule has 0 fully saturated rings. The fourth-order valence-electron chi connectivity index (χ4n) is 2.42. The Kier molecular flexibility index (Phi) is 5.17. The largest absolute Gasteiger partial charge is 0.493 e. The molecule has 0 bridgehead atoms. The summed E-state index contributed by atoms with van der Waals surface area (Å²) >= 11 is 0. The van der Waals surface area contributed by atoms with Crippen molar-refractivity contribution in [2.45, 2.75) is 13.0 Å². The topological polar surface area (TPSA) is 83.7 Å². The van der Waals surface area contributed by atoms with Crippen LogP contribution >= 0.6 is 0 Å². The maximum Gasteiger partial charge on any atom is 0.342 e. The molecule has 2 aromatic carbocycles. The van der Waals surface area contributed by atoms with Gasteiger partial charge in [0.25, 0.3) is 5.89 Å². The van der Waals surface area contributed by atoms with E-state index >= 15 is 0 Å². The number of benzene rings is 2. The highest BCUT2D eigenvalue weighted by Gasteiger charge is 2.23. The number of aromatic nitrogens is 2. The lowest BCUT2D eigenvalue weighted by atomic mass is 10.2. The Hall–Kier alpha value is -3.35. The minimum Gasteiger partial charge on any atom is -0.493 e. The van der Waals surface area contributed by atoms with Crippen molar-refractivity contribution in [3.63, 3.8) is 0 Å². The molecule has 134 valence electrons. The third kappa shape index (κ3) is 3.51. The van der Waals surface area contributed by atoms with Crippen LogP contribution in [0.5, 0.6) is 11.5 Å². The van der Waals surface area contributed by atoms with Crippen molar-refractivity contribution in [3.05, 3.63) is 60.0 Å². The molecule has 0 amide bonds. The van der Waals surface area contributed by atoms with Gasteiger partial charge in [0, 0.05) is 5.56 Å². The van der Waals surface area contributed by atoms with Gasteiger partial charge in [-0.25, -0.2) is 4.79 Å². The quantitative estimate of drug-likeness (QED) is 0.624. The monoisotopic (exact) mass is 354 g/mol. The first-order valence-corrected chi connectivity index (χ1v) is 7.94. The highest BCUT2D eigenvalue weighted by molar-refractivity contribution is 5.93. The van der Waals surface area contributed by atoms with E-state index < -0.39 is 12.1 Å². The number of nitrogens with zero attached hydrogens (tertiary/aromatic N) is 2. The summed E-state index contributed by atoms with van der Waals surface area (Å²) < 4.78 is 21.5. The van der Waals surface area contributed by atoms with Gasteiger partial charge in [-0.15, -0.1) is 10.2 Å². The third-order valence-corrected chi connectivity index (χ3v) is 3.72. The van der Waals surface area contributed by atoms with Crippen LogP contribution < -0.4 is 9.47 Å². The summed E-state index contributed by atoms with van der Waals surface area (Å²) in [4.78, 5) is 12.5. The second kappa shape index (κ2) is 7.69. The molecule has 26 heavy (non-hydrogen) atoms. The molecule has 1 heterocycles. The molecule has 1 atom stereocenters. The third-order valence-electron chi connectivity index (χ3n) is 3.72. The fourth-order valence-corrected chi connectivity index (χ4v) is 2.42. The minimum atomic E-state index is -0.719. The van der Waals surface area contributed by atoms with Crippen molar-refractivity contribution in [2.24, 2.45) is 0 Å². The molecule has 3 rings (SSSR count). The zero-order chi connectivity index (χ0) is 18.5. The number of para-hydroxylation sites is 1. The molecule has 0 N–H and O–H groups in total. The zero-order valence-corrected chi connectivity index (χ0v) is 14.6. The van der Waals surface area contributed by atoms with Crippen LogP contribution in [0.3, 0.4) is 0 Å². The predicted octanol–water partition coefficient (Wildman–Crippen LogP) is 3.67. The summed E-state index contributed by atoms with van der Waals surface area (Å²) in [6.45, 7) is 1.66. The molecule has 0 saturated carbocycles. The number of carbonyl (C=O) groups is 1. The van der Waals surface area contributed by atoms with Crippen molar-refractivity contribution in [3.8, 4) is 23.0 Å². The lowest BCUT2D eigenvalue weighted by molar-refractivity contribution is 0.0276. The Morgan fingerprint density at radius 2 is 1.77 bits per heavy atom. The Bertz CT molecular complexity index is 892. The van der Waals surface area contributed by atoms with E-state index in [-0.39, 0.29) is 11.5 Å². The molecule has 1 aromatic heterocycles. The summed E-state index contributed by atoms with van der Waals surface area (Å²) in [5.74, 6) is 0.746. The summed E-state index contributed by atoms with van der Waals surface area (Å²) in [6.07, 6.45) is -0.719. The van der Waals surface area contributed by atoms with Gasteiger partial charge in [-0.2, -0.15) is 0 Å². The molecule has 0 aliphatic heterocycles. The second-order valence-electron chi connectivity index (χ2n) is 5.40. The van der Waals surface area contributed by atoms with Crippen molar-refractivity contribution < 1.29 is 23.4 Å². The Morgan fingerprint density at radius 1 is 1.00 bits per heavy atom. The smallest absolute Gasteiger partial charge is 0.342 e. The number of carbonyl (C=O) groups excluding carboxylic acids is 1. The van der Waals surface area contributed by atoms with Gasteiger partial charge in [0.2, 0.25) is 5.89 Å². The molecule has 0 spiro atoms. The number of hydrogen-bond donors (Lipinski definition) is 0. The van der Waals surface area contributed by atoms with Gasteiger partial charge in [0.05, 0.1) is 14.2 Å². The molecule has 0 aliphatic carbocycles. The van der Waals surface area contributed by atoms with Crippen molar-refractivity contribution in [1.29, 1.82) is 0 Å². The van der Waals surface area contributed by atoms with Gasteiger partial charge in [-0.1, -0.05) is 24.3 Å². The van der Waals surface area contributed by atoms with E-state index in [0.29, 0.717) is 17.4 Å². The van der Waals surface area contributed by atoms with Crippen LogP contribution in [0.1, 0.15) is 29.3 Å². The molecule has 3 aromatic rings. The number of methoxy groups -OCH3 is 2.